The molecule has 0 radical (unpaired) electrons. The minimum atomic E-state index is -0.473. The topological polar surface area (TPSA) is 53.3 Å². The normalized spacial score (nSPS) is 8.33. The molecule has 0 saturated carbocycles. The molecule has 0 aromatic rings. The van der Waals surface area contributed by atoms with Gasteiger partial charge in [-0.2, -0.15) is 5.26 Å². The van der Waals surface area contributed by atoms with Gasteiger partial charge in [-0.15, -0.1) is 6.58 Å². The fourth-order valence-corrected chi connectivity index (χ4v) is 0.660. The molecule has 0 unspecified atom stereocenters. The zero-order chi connectivity index (χ0) is 9.40. The standard InChI is InChI=1S/C8H12N2O2/c1-3-6-10(7-5-9)8(11)12-4-2/h3H,1,4,6-7H2,2H3. The third-order valence-electron chi connectivity index (χ3n) is 1.14. The van der Waals surface area contributed by atoms with Crippen LogP contribution in [0.5, 0.6) is 0 Å². The van der Waals surface area contributed by atoms with E-state index in [4.69, 9.17) is 10.00 Å². The molecule has 0 saturated heterocycles. The molecule has 0 heterocycles. The van der Waals surface area contributed by atoms with Crippen LogP contribution in [-0.4, -0.2) is 30.7 Å². The lowest BCUT2D eigenvalue weighted by atomic mass is 10.5. The molecule has 0 aliphatic heterocycles. The average molecular weight is 168 g/mol. The van der Waals surface area contributed by atoms with Crippen molar-refractivity contribution >= 4 is 6.09 Å². The highest BCUT2D eigenvalue weighted by atomic mass is 16.6. The summed E-state index contributed by atoms with van der Waals surface area (Å²) >= 11 is 0. The molecule has 0 fully saturated rings. The predicted molar refractivity (Wildman–Crippen MR) is 44.4 cm³/mol. The Morgan fingerprint density at radius 1 is 1.83 bits per heavy atom. The van der Waals surface area contributed by atoms with Crippen molar-refractivity contribution in [2.24, 2.45) is 0 Å². The van der Waals surface area contributed by atoms with E-state index in [1.807, 2.05) is 6.07 Å². The second-order valence-electron chi connectivity index (χ2n) is 2.03. The summed E-state index contributed by atoms with van der Waals surface area (Å²) in [5.41, 5.74) is 0. The maximum Gasteiger partial charge on any atom is 0.410 e. The van der Waals surface area contributed by atoms with Crippen LogP contribution >= 0.6 is 0 Å². The monoisotopic (exact) mass is 168 g/mol. The summed E-state index contributed by atoms with van der Waals surface area (Å²) in [6.07, 6.45) is 1.08. The van der Waals surface area contributed by atoms with Gasteiger partial charge in [0, 0.05) is 6.54 Å². The van der Waals surface area contributed by atoms with Crippen LogP contribution < -0.4 is 0 Å². The Morgan fingerprint density at radius 2 is 2.50 bits per heavy atom. The van der Waals surface area contributed by atoms with Gasteiger partial charge in [0.2, 0.25) is 0 Å². The SMILES string of the molecule is C=CCN(CC#N)C(=O)OCC. The molecule has 4 heteroatoms. The lowest BCUT2D eigenvalue weighted by molar-refractivity contribution is 0.116. The second-order valence-corrected chi connectivity index (χ2v) is 2.03. The summed E-state index contributed by atoms with van der Waals surface area (Å²) in [4.78, 5) is 12.3. The summed E-state index contributed by atoms with van der Waals surface area (Å²) in [6, 6.07) is 1.87. The van der Waals surface area contributed by atoms with Crippen LogP contribution in [0.1, 0.15) is 6.92 Å². The van der Waals surface area contributed by atoms with Gasteiger partial charge in [-0.1, -0.05) is 6.08 Å². The number of rotatable bonds is 4. The molecule has 4 nitrogen and oxygen atoms in total. The summed E-state index contributed by atoms with van der Waals surface area (Å²) in [5, 5.41) is 8.35. The molecule has 0 aromatic heterocycles. The average Bonchev–Trinajstić information content (AvgIpc) is 2.04. The number of carbonyl (C=O) groups excluding carboxylic acids is 1. The number of hydrogen-bond donors (Lipinski definition) is 0. The molecule has 0 atom stereocenters. The lowest BCUT2D eigenvalue weighted by Crippen LogP contribution is -2.32. The molecule has 12 heavy (non-hydrogen) atoms. The first-order valence-corrected chi connectivity index (χ1v) is 3.65. The van der Waals surface area contributed by atoms with E-state index in [9.17, 15) is 4.79 Å². The van der Waals surface area contributed by atoms with Gasteiger partial charge in [0.05, 0.1) is 12.7 Å². The molecule has 0 spiro atoms. The Hall–Kier alpha value is -1.50. The van der Waals surface area contributed by atoms with Crippen molar-refractivity contribution in [3.63, 3.8) is 0 Å². The summed E-state index contributed by atoms with van der Waals surface area (Å²) in [6.45, 7) is 5.87. The summed E-state index contributed by atoms with van der Waals surface area (Å²) in [7, 11) is 0. The first-order chi connectivity index (χ1) is 5.76. The van der Waals surface area contributed by atoms with Gasteiger partial charge in [-0.05, 0) is 6.92 Å². The molecule has 0 aliphatic carbocycles. The number of hydrogen-bond acceptors (Lipinski definition) is 3. The third kappa shape index (κ3) is 3.62. The first kappa shape index (κ1) is 10.5. The van der Waals surface area contributed by atoms with E-state index in [-0.39, 0.29) is 6.54 Å². The highest BCUT2D eigenvalue weighted by Crippen LogP contribution is 1.93. The molecule has 1 amide bonds. The van der Waals surface area contributed by atoms with Crippen molar-refractivity contribution in [3.05, 3.63) is 12.7 Å². The largest absolute Gasteiger partial charge is 0.450 e. The van der Waals surface area contributed by atoms with Crippen LogP contribution in [0.4, 0.5) is 4.79 Å². The van der Waals surface area contributed by atoms with Gasteiger partial charge >= 0.3 is 6.09 Å². The van der Waals surface area contributed by atoms with Gasteiger partial charge in [0.1, 0.15) is 6.54 Å². The molecule has 0 rings (SSSR count). The van der Waals surface area contributed by atoms with Gasteiger partial charge in [-0.3, -0.25) is 4.90 Å². The fraction of sp³-hybridized carbons (Fsp3) is 0.500. The van der Waals surface area contributed by atoms with Crippen molar-refractivity contribution in [1.82, 2.24) is 4.90 Å². The van der Waals surface area contributed by atoms with Gasteiger partial charge < -0.3 is 4.74 Å². The Balaban J connectivity index is 4.00. The number of carbonyl (C=O) groups is 1. The zero-order valence-corrected chi connectivity index (χ0v) is 7.12. The van der Waals surface area contributed by atoms with E-state index in [2.05, 4.69) is 6.58 Å². The minimum Gasteiger partial charge on any atom is -0.450 e. The van der Waals surface area contributed by atoms with Crippen LogP contribution in [-0.2, 0) is 4.74 Å². The van der Waals surface area contributed by atoms with E-state index in [1.54, 1.807) is 13.0 Å². The van der Waals surface area contributed by atoms with E-state index >= 15 is 0 Å². The lowest BCUT2D eigenvalue weighted by Gasteiger charge is -2.15. The highest BCUT2D eigenvalue weighted by molar-refractivity contribution is 5.68. The zero-order valence-electron chi connectivity index (χ0n) is 7.12. The van der Waals surface area contributed by atoms with Crippen LogP contribution in [0, 0.1) is 11.3 Å². The number of amides is 1. The minimum absolute atomic E-state index is 0.0326. The van der Waals surface area contributed by atoms with Gasteiger partial charge in [0.25, 0.3) is 0 Å². The van der Waals surface area contributed by atoms with Crippen molar-refractivity contribution in [1.29, 1.82) is 5.26 Å². The Bertz CT molecular complexity index is 196. The number of nitriles is 1. The van der Waals surface area contributed by atoms with E-state index in [0.29, 0.717) is 13.2 Å². The first-order valence-electron chi connectivity index (χ1n) is 3.65. The number of nitrogens with zero attached hydrogens (tertiary/aromatic N) is 2. The Morgan fingerprint density at radius 3 is 2.92 bits per heavy atom. The second kappa shape index (κ2) is 6.23. The van der Waals surface area contributed by atoms with Crippen LogP contribution in [0.3, 0.4) is 0 Å². The fourth-order valence-electron chi connectivity index (χ4n) is 0.660. The molecule has 66 valence electrons. The van der Waals surface area contributed by atoms with Crippen LogP contribution in [0.2, 0.25) is 0 Å². The molecule has 0 aliphatic rings. The van der Waals surface area contributed by atoms with Gasteiger partial charge in [0.15, 0.2) is 0 Å². The smallest absolute Gasteiger partial charge is 0.410 e. The Labute approximate surface area is 72.0 Å². The molecular weight excluding hydrogens is 156 g/mol. The molecule has 0 aromatic carbocycles. The summed E-state index contributed by atoms with van der Waals surface area (Å²) in [5.74, 6) is 0. The summed E-state index contributed by atoms with van der Waals surface area (Å²) < 4.78 is 4.70. The third-order valence-corrected chi connectivity index (χ3v) is 1.14. The molecular formula is C8H12N2O2. The van der Waals surface area contributed by atoms with E-state index in [0.717, 1.165) is 0 Å². The Kier molecular flexibility index (Phi) is 5.45. The maximum absolute atomic E-state index is 11.0. The van der Waals surface area contributed by atoms with Crippen molar-refractivity contribution < 1.29 is 9.53 Å². The van der Waals surface area contributed by atoms with E-state index < -0.39 is 6.09 Å². The highest BCUT2D eigenvalue weighted by Gasteiger charge is 2.11. The van der Waals surface area contributed by atoms with Gasteiger partial charge in [-0.25, -0.2) is 4.79 Å². The van der Waals surface area contributed by atoms with E-state index in [1.165, 1.54) is 4.90 Å². The van der Waals surface area contributed by atoms with Crippen LogP contribution in [0.15, 0.2) is 12.7 Å². The van der Waals surface area contributed by atoms with Crippen molar-refractivity contribution in [3.8, 4) is 6.07 Å². The van der Waals surface area contributed by atoms with Crippen molar-refractivity contribution in [2.45, 2.75) is 6.92 Å². The maximum atomic E-state index is 11.0. The molecule has 0 N–H and O–H groups in total. The quantitative estimate of drug-likeness (QED) is 0.467. The number of ether oxygens (including phenoxy) is 1. The molecule has 0 bridgehead atoms. The predicted octanol–water partition coefficient (Wildman–Crippen LogP) is 1.15. The van der Waals surface area contributed by atoms with Crippen LogP contribution in [0.25, 0.3) is 0 Å². The van der Waals surface area contributed by atoms with Crippen molar-refractivity contribution in [2.75, 3.05) is 19.7 Å².